The van der Waals surface area contributed by atoms with Crippen LogP contribution in [-0.4, -0.2) is 10.9 Å². The molecule has 0 aliphatic carbocycles. The van der Waals surface area contributed by atoms with Crippen molar-refractivity contribution >= 4 is 28.5 Å². The van der Waals surface area contributed by atoms with Gasteiger partial charge in [0.05, 0.1) is 12.1 Å². The van der Waals surface area contributed by atoms with Crippen molar-refractivity contribution in [1.82, 2.24) is 4.98 Å². The molecule has 0 radical (unpaired) electrons. The average Bonchev–Trinajstić information content (AvgIpc) is 2.79. The van der Waals surface area contributed by atoms with Crippen LogP contribution in [0.15, 0.2) is 36.2 Å². The van der Waals surface area contributed by atoms with Crippen molar-refractivity contribution in [3.05, 3.63) is 53.3 Å². The molecule has 0 saturated carbocycles. The van der Waals surface area contributed by atoms with Crippen LogP contribution in [0.3, 0.4) is 0 Å². The molecule has 18 heavy (non-hydrogen) atoms. The molecule has 92 valence electrons. The van der Waals surface area contributed by atoms with Gasteiger partial charge in [-0.05, 0) is 23.8 Å². The van der Waals surface area contributed by atoms with Gasteiger partial charge in [-0.15, -0.1) is 11.3 Å². The summed E-state index contributed by atoms with van der Waals surface area (Å²) in [6, 6.07) is 5.85. The number of benzene rings is 1. The third kappa shape index (κ3) is 3.24. The van der Waals surface area contributed by atoms with Crippen molar-refractivity contribution in [2.45, 2.75) is 6.42 Å². The maximum absolute atomic E-state index is 12.7. The van der Waals surface area contributed by atoms with Gasteiger partial charge in [-0.2, -0.15) is 0 Å². The molecular weight excluding hydrogens is 251 g/mol. The van der Waals surface area contributed by atoms with E-state index in [2.05, 4.69) is 16.9 Å². The van der Waals surface area contributed by atoms with Crippen molar-refractivity contribution < 1.29 is 9.18 Å². The molecule has 2 aromatic rings. The fraction of sp³-hybridized carbons (Fsp3) is 0.0769. The Morgan fingerprint density at radius 3 is 2.78 bits per heavy atom. The molecule has 1 aromatic carbocycles. The number of hydrogen-bond acceptors (Lipinski definition) is 3. The zero-order chi connectivity index (χ0) is 13.0. The predicted octanol–water partition coefficient (Wildman–Crippen LogP) is 3.11. The molecule has 0 aliphatic rings. The Morgan fingerprint density at radius 2 is 2.17 bits per heavy atom. The Labute approximate surface area is 108 Å². The highest BCUT2D eigenvalue weighted by Crippen LogP contribution is 2.16. The van der Waals surface area contributed by atoms with Crippen LogP contribution >= 0.6 is 11.3 Å². The zero-order valence-electron chi connectivity index (χ0n) is 9.52. The number of thiazole rings is 1. The Balaban J connectivity index is 1.96. The smallest absolute Gasteiger partial charge is 0.230 e. The van der Waals surface area contributed by atoms with Crippen molar-refractivity contribution in [2.24, 2.45) is 0 Å². The molecule has 0 aliphatic heterocycles. The van der Waals surface area contributed by atoms with Crippen molar-refractivity contribution in [1.29, 1.82) is 0 Å². The van der Waals surface area contributed by atoms with Gasteiger partial charge in [0.15, 0.2) is 5.13 Å². The summed E-state index contributed by atoms with van der Waals surface area (Å²) in [7, 11) is 0. The topological polar surface area (TPSA) is 42.0 Å². The van der Waals surface area contributed by atoms with E-state index in [4.69, 9.17) is 0 Å². The van der Waals surface area contributed by atoms with Gasteiger partial charge in [0.25, 0.3) is 0 Å². The first kappa shape index (κ1) is 12.4. The number of nitrogens with zero attached hydrogens (tertiary/aromatic N) is 1. The molecule has 0 unspecified atom stereocenters. The largest absolute Gasteiger partial charge is 0.302 e. The SMILES string of the molecule is C=Cc1csc(NC(=O)Cc2ccc(F)cc2)n1. The zero-order valence-corrected chi connectivity index (χ0v) is 10.3. The molecule has 2 rings (SSSR count). The van der Waals surface area contributed by atoms with Crippen molar-refractivity contribution in [3.8, 4) is 0 Å². The highest BCUT2D eigenvalue weighted by Gasteiger charge is 2.06. The number of rotatable bonds is 4. The summed E-state index contributed by atoms with van der Waals surface area (Å²) in [4.78, 5) is 15.8. The summed E-state index contributed by atoms with van der Waals surface area (Å²) in [5, 5.41) is 5.03. The highest BCUT2D eigenvalue weighted by molar-refractivity contribution is 7.14. The minimum Gasteiger partial charge on any atom is -0.302 e. The number of halogens is 1. The Morgan fingerprint density at radius 1 is 1.44 bits per heavy atom. The predicted molar refractivity (Wildman–Crippen MR) is 70.9 cm³/mol. The molecule has 1 amide bonds. The van der Waals surface area contributed by atoms with Crippen LogP contribution in [0.1, 0.15) is 11.3 Å². The van der Waals surface area contributed by atoms with Gasteiger partial charge in [0.1, 0.15) is 5.82 Å². The Bertz CT molecular complexity index is 563. The lowest BCUT2D eigenvalue weighted by molar-refractivity contribution is -0.115. The lowest BCUT2D eigenvalue weighted by atomic mass is 10.1. The van der Waals surface area contributed by atoms with Crippen LogP contribution in [0.4, 0.5) is 9.52 Å². The van der Waals surface area contributed by atoms with Crippen LogP contribution in [-0.2, 0) is 11.2 Å². The molecule has 0 fully saturated rings. The number of nitrogens with one attached hydrogen (secondary N) is 1. The second-order valence-electron chi connectivity index (χ2n) is 3.63. The number of amides is 1. The van der Waals surface area contributed by atoms with Crippen LogP contribution in [0.5, 0.6) is 0 Å². The van der Waals surface area contributed by atoms with Gasteiger partial charge in [0, 0.05) is 5.38 Å². The molecule has 5 heteroatoms. The third-order valence-electron chi connectivity index (χ3n) is 2.26. The molecule has 1 heterocycles. The summed E-state index contributed by atoms with van der Waals surface area (Å²) in [5.41, 5.74) is 1.49. The van der Waals surface area contributed by atoms with Gasteiger partial charge in [0.2, 0.25) is 5.91 Å². The standard InChI is InChI=1S/C13H11FN2OS/c1-2-11-8-18-13(15-11)16-12(17)7-9-3-5-10(14)6-4-9/h2-6,8H,1,7H2,(H,15,16,17). The van der Waals surface area contributed by atoms with Crippen LogP contribution < -0.4 is 5.32 Å². The lowest BCUT2D eigenvalue weighted by Gasteiger charge is -2.01. The van der Waals surface area contributed by atoms with Gasteiger partial charge >= 0.3 is 0 Å². The van der Waals surface area contributed by atoms with Crippen LogP contribution in [0.2, 0.25) is 0 Å². The number of carbonyl (C=O) groups is 1. The number of aromatic nitrogens is 1. The first-order valence-corrected chi connectivity index (χ1v) is 6.17. The van der Waals surface area contributed by atoms with E-state index in [0.717, 1.165) is 11.3 Å². The number of hydrogen-bond donors (Lipinski definition) is 1. The van der Waals surface area contributed by atoms with Crippen LogP contribution in [0.25, 0.3) is 6.08 Å². The van der Waals surface area contributed by atoms with E-state index in [1.54, 1.807) is 23.6 Å². The van der Waals surface area contributed by atoms with Gasteiger partial charge in [-0.25, -0.2) is 9.37 Å². The van der Waals surface area contributed by atoms with E-state index in [1.165, 1.54) is 23.5 Å². The van der Waals surface area contributed by atoms with E-state index in [1.807, 2.05) is 0 Å². The number of anilines is 1. The summed E-state index contributed by atoms with van der Waals surface area (Å²) in [5.74, 6) is -0.485. The second-order valence-corrected chi connectivity index (χ2v) is 4.49. The minimum atomic E-state index is -0.310. The molecule has 0 atom stereocenters. The summed E-state index contributed by atoms with van der Waals surface area (Å²) >= 11 is 1.34. The summed E-state index contributed by atoms with van der Waals surface area (Å²) < 4.78 is 12.7. The molecule has 0 bridgehead atoms. The first-order valence-electron chi connectivity index (χ1n) is 5.29. The minimum absolute atomic E-state index is 0.174. The fourth-order valence-electron chi connectivity index (χ4n) is 1.39. The first-order chi connectivity index (χ1) is 8.67. The van der Waals surface area contributed by atoms with E-state index in [0.29, 0.717) is 5.13 Å². The molecule has 1 aromatic heterocycles. The maximum Gasteiger partial charge on any atom is 0.230 e. The molecule has 1 N–H and O–H groups in total. The molecule has 0 saturated heterocycles. The Kier molecular flexibility index (Phi) is 3.84. The van der Waals surface area contributed by atoms with E-state index >= 15 is 0 Å². The second kappa shape index (κ2) is 5.55. The lowest BCUT2D eigenvalue weighted by Crippen LogP contribution is -2.14. The van der Waals surface area contributed by atoms with E-state index in [-0.39, 0.29) is 18.1 Å². The van der Waals surface area contributed by atoms with Crippen LogP contribution in [0, 0.1) is 5.82 Å². The quantitative estimate of drug-likeness (QED) is 0.920. The highest BCUT2D eigenvalue weighted by atomic mass is 32.1. The normalized spacial score (nSPS) is 10.1. The summed E-state index contributed by atoms with van der Waals surface area (Å²) in [6.07, 6.45) is 1.81. The monoisotopic (exact) mass is 262 g/mol. The maximum atomic E-state index is 12.7. The van der Waals surface area contributed by atoms with Crippen molar-refractivity contribution in [3.63, 3.8) is 0 Å². The molecule has 0 spiro atoms. The average molecular weight is 262 g/mol. The van der Waals surface area contributed by atoms with E-state index in [9.17, 15) is 9.18 Å². The molecular formula is C13H11FN2OS. The Hall–Kier alpha value is -2.01. The van der Waals surface area contributed by atoms with Gasteiger partial charge in [-0.3, -0.25) is 4.79 Å². The van der Waals surface area contributed by atoms with E-state index < -0.39 is 0 Å². The van der Waals surface area contributed by atoms with Gasteiger partial charge < -0.3 is 5.32 Å². The van der Waals surface area contributed by atoms with Gasteiger partial charge in [-0.1, -0.05) is 18.7 Å². The van der Waals surface area contributed by atoms with Crippen molar-refractivity contribution in [2.75, 3.05) is 5.32 Å². The fourth-order valence-corrected chi connectivity index (χ4v) is 2.10. The summed E-state index contributed by atoms with van der Waals surface area (Å²) in [6.45, 7) is 3.60. The number of carbonyl (C=O) groups excluding carboxylic acids is 1. The third-order valence-corrected chi connectivity index (χ3v) is 3.03. The molecule has 3 nitrogen and oxygen atoms in total.